The van der Waals surface area contributed by atoms with Crippen LogP contribution in [0.3, 0.4) is 0 Å². The fraction of sp³-hybridized carbons (Fsp3) is 0.909. The monoisotopic (exact) mass is 209 g/mol. The Morgan fingerprint density at radius 2 is 2.33 bits per heavy atom. The second-order valence-electron chi connectivity index (χ2n) is 4.33. The van der Waals surface area contributed by atoms with Crippen molar-refractivity contribution in [2.45, 2.75) is 31.4 Å². The fourth-order valence-corrected chi connectivity index (χ4v) is 2.04. The van der Waals surface area contributed by atoms with Gasteiger partial charge in [0.25, 0.3) is 0 Å². The average Bonchev–Trinajstić information content (AvgIpc) is 3.09. The minimum Gasteiger partial charge on any atom is -0.374 e. The van der Waals surface area contributed by atoms with Gasteiger partial charge < -0.3 is 10.1 Å². The lowest BCUT2D eigenvalue weighted by molar-refractivity contribution is -0.0298. The zero-order valence-electron chi connectivity index (χ0n) is 9.11. The largest absolute Gasteiger partial charge is 0.374 e. The van der Waals surface area contributed by atoms with Gasteiger partial charge in [0.2, 0.25) is 0 Å². The molecule has 0 aromatic carbocycles. The SMILES string of the molecule is N#CCCNC[C@H]1CN(C2CC2)CCO1. The van der Waals surface area contributed by atoms with Crippen molar-refractivity contribution in [3.63, 3.8) is 0 Å². The Bertz CT molecular complexity index is 234. The molecule has 0 radical (unpaired) electrons. The zero-order chi connectivity index (χ0) is 10.5. The van der Waals surface area contributed by atoms with Crippen LogP contribution in [0, 0.1) is 11.3 Å². The van der Waals surface area contributed by atoms with Crippen molar-refractivity contribution in [3.8, 4) is 6.07 Å². The summed E-state index contributed by atoms with van der Waals surface area (Å²) in [6.07, 6.45) is 3.64. The molecule has 1 atom stereocenters. The number of nitrogens with zero attached hydrogens (tertiary/aromatic N) is 2. The third kappa shape index (κ3) is 3.45. The fourth-order valence-electron chi connectivity index (χ4n) is 2.04. The summed E-state index contributed by atoms with van der Waals surface area (Å²) in [6, 6.07) is 2.97. The van der Waals surface area contributed by atoms with Crippen LogP contribution >= 0.6 is 0 Å². The summed E-state index contributed by atoms with van der Waals surface area (Å²) in [5.74, 6) is 0. The van der Waals surface area contributed by atoms with Gasteiger partial charge in [-0.3, -0.25) is 4.90 Å². The summed E-state index contributed by atoms with van der Waals surface area (Å²) in [6.45, 7) is 4.68. The quantitative estimate of drug-likeness (QED) is 0.664. The normalized spacial score (nSPS) is 27.5. The summed E-state index contributed by atoms with van der Waals surface area (Å²) in [4.78, 5) is 2.54. The van der Waals surface area contributed by atoms with Gasteiger partial charge in [-0.25, -0.2) is 0 Å². The van der Waals surface area contributed by atoms with Crippen molar-refractivity contribution in [3.05, 3.63) is 0 Å². The van der Waals surface area contributed by atoms with E-state index in [1.807, 2.05) is 0 Å². The molecule has 4 heteroatoms. The molecule has 1 heterocycles. The second kappa shape index (κ2) is 5.45. The van der Waals surface area contributed by atoms with E-state index in [-0.39, 0.29) is 0 Å². The lowest BCUT2D eigenvalue weighted by Gasteiger charge is -2.33. The van der Waals surface area contributed by atoms with Crippen molar-refractivity contribution in [1.82, 2.24) is 10.2 Å². The Morgan fingerprint density at radius 3 is 3.07 bits per heavy atom. The summed E-state index contributed by atoms with van der Waals surface area (Å²) in [7, 11) is 0. The third-order valence-electron chi connectivity index (χ3n) is 3.02. The first-order valence-electron chi connectivity index (χ1n) is 5.83. The molecule has 1 aliphatic carbocycles. The second-order valence-corrected chi connectivity index (χ2v) is 4.33. The molecule has 0 aromatic heterocycles. The van der Waals surface area contributed by atoms with Crippen LogP contribution in [0.25, 0.3) is 0 Å². The van der Waals surface area contributed by atoms with E-state index in [2.05, 4.69) is 16.3 Å². The maximum Gasteiger partial charge on any atom is 0.0826 e. The van der Waals surface area contributed by atoms with Gasteiger partial charge in [-0.15, -0.1) is 0 Å². The van der Waals surface area contributed by atoms with Crippen LogP contribution in [-0.2, 0) is 4.74 Å². The van der Waals surface area contributed by atoms with Crippen LogP contribution in [0.2, 0.25) is 0 Å². The predicted molar refractivity (Wildman–Crippen MR) is 57.4 cm³/mol. The molecule has 4 nitrogen and oxygen atoms in total. The van der Waals surface area contributed by atoms with E-state index < -0.39 is 0 Å². The molecule has 1 saturated heterocycles. The highest BCUT2D eigenvalue weighted by Crippen LogP contribution is 2.27. The maximum atomic E-state index is 8.40. The first-order valence-corrected chi connectivity index (χ1v) is 5.83. The highest BCUT2D eigenvalue weighted by atomic mass is 16.5. The van der Waals surface area contributed by atoms with E-state index in [4.69, 9.17) is 10.00 Å². The molecular weight excluding hydrogens is 190 g/mol. The molecule has 1 N–H and O–H groups in total. The third-order valence-corrected chi connectivity index (χ3v) is 3.02. The maximum absolute atomic E-state index is 8.40. The van der Waals surface area contributed by atoms with Gasteiger partial charge in [-0.05, 0) is 12.8 Å². The van der Waals surface area contributed by atoms with E-state index in [9.17, 15) is 0 Å². The van der Waals surface area contributed by atoms with E-state index in [0.29, 0.717) is 12.5 Å². The Kier molecular flexibility index (Phi) is 3.95. The summed E-state index contributed by atoms with van der Waals surface area (Å²) < 4.78 is 5.68. The Hall–Kier alpha value is -0.630. The van der Waals surface area contributed by atoms with E-state index in [1.165, 1.54) is 12.8 Å². The topological polar surface area (TPSA) is 48.3 Å². The van der Waals surface area contributed by atoms with E-state index in [1.54, 1.807) is 0 Å². The van der Waals surface area contributed by atoms with Crippen LogP contribution in [0.15, 0.2) is 0 Å². The molecule has 0 bridgehead atoms. The number of morpholine rings is 1. The van der Waals surface area contributed by atoms with Crippen molar-refractivity contribution < 1.29 is 4.74 Å². The minimum absolute atomic E-state index is 0.318. The highest BCUT2D eigenvalue weighted by molar-refractivity contribution is 4.88. The van der Waals surface area contributed by atoms with Gasteiger partial charge in [0.05, 0.1) is 18.8 Å². The molecule has 1 aliphatic heterocycles. The zero-order valence-corrected chi connectivity index (χ0v) is 9.11. The molecule has 0 spiro atoms. The van der Waals surface area contributed by atoms with Crippen molar-refractivity contribution in [2.75, 3.05) is 32.8 Å². The highest BCUT2D eigenvalue weighted by Gasteiger charge is 2.32. The predicted octanol–water partition coefficient (Wildman–Crippen LogP) is 0.353. The Labute approximate surface area is 91.2 Å². The molecule has 1 saturated carbocycles. The molecule has 0 aromatic rings. The van der Waals surface area contributed by atoms with Crippen LogP contribution in [0.4, 0.5) is 0 Å². The minimum atomic E-state index is 0.318. The van der Waals surface area contributed by atoms with Gasteiger partial charge in [-0.1, -0.05) is 0 Å². The molecule has 0 unspecified atom stereocenters. The smallest absolute Gasteiger partial charge is 0.0826 e. The van der Waals surface area contributed by atoms with Gasteiger partial charge in [0.1, 0.15) is 0 Å². The van der Waals surface area contributed by atoms with Gasteiger partial charge in [0.15, 0.2) is 0 Å². The van der Waals surface area contributed by atoms with Gasteiger partial charge in [0, 0.05) is 38.6 Å². The van der Waals surface area contributed by atoms with Crippen molar-refractivity contribution in [2.24, 2.45) is 0 Å². The molecule has 84 valence electrons. The van der Waals surface area contributed by atoms with E-state index in [0.717, 1.165) is 38.8 Å². The molecular formula is C11H19N3O. The first-order chi connectivity index (χ1) is 7.40. The number of nitrogens with one attached hydrogen (secondary N) is 1. The lowest BCUT2D eigenvalue weighted by Crippen LogP contribution is -2.47. The average molecular weight is 209 g/mol. The van der Waals surface area contributed by atoms with Crippen molar-refractivity contribution in [1.29, 1.82) is 5.26 Å². The van der Waals surface area contributed by atoms with Crippen LogP contribution < -0.4 is 5.32 Å². The molecule has 0 amide bonds. The van der Waals surface area contributed by atoms with Gasteiger partial charge >= 0.3 is 0 Å². The number of hydrogen-bond acceptors (Lipinski definition) is 4. The standard InChI is InChI=1S/C11H19N3O/c12-4-1-5-13-8-11-9-14(6-7-15-11)10-2-3-10/h10-11,13H,1-3,5-9H2/t11-/m0/s1. The number of nitriles is 1. The molecule has 2 aliphatic rings. The summed E-state index contributed by atoms with van der Waals surface area (Å²) in [5.41, 5.74) is 0. The molecule has 2 fully saturated rings. The Balaban J connectivity index is 1.62. The molecule has 15 heavy (non-hydrogen) atoms. The van der Waals surface area contributed by atoms with Gasteiger partial charge in [-0.2, -0.15) is 5.26 Å². The number of ether oxygens (including phenoxy) is 1. The number of rotatable bonds is 5. The lowest BCUT2D eigenvalue weighted by atomic mass is 10.2. The van der Waals surface area contributed by atoms with Crippen LogP contribution in [0.5, 0.6) is 0 Å². The van der Waals surface area contributed by atoms with Crippen LogP contribution in [-0.4, -0.2) is 49.8 Å². The van der Waals surface area contributed by atoms with Crippen LogP contribution in [0.1, 0.15) is 19.3 Å². The first kappa shape index (κ1) is 10.9. The van der Waals surface area contributed by atoms with E-state index >= 15 is 0 Å². The van der Waals surface area contributed by atoms with Crippen molar-refractivity contribution >= 4 is 0 Å². The molecule has 2 rings (SSSR count). The Morgan fingerprint density at radius 1 is 1.47 bits per heavy atom. The summed E-state index contributed by atoms with van der Waals surface area (Å²) in [5, 5.41) is 11.7. The number of hydrogen-bond donors (Lipinski definition) is 1. The summed E-state index contributed by atoms with van der Waals surface area (Å²) >= 11 is 0.